The number of aryl methyl sites for hydroxylation is 1. The van der Waals surface area contributed by atoms with E-state index in [1.54, 1.807) is 0 Å². The SMILES string of the molecule is N#CNc1cccc(CCCO)c1. The van der Waals surface area contributed by atoms with Gasteiger partial charge in [-0.2, -0.15) is 5.26 Å². The fourth-order valence-corrected chi connectivity index (χ4v) is 1.15. The molecular formula is C10H12N2O. The van der Waals surface area contributed by atoms with Crippen LogP contribution in [-0.2, 0) is 6.42 Å². The molecule has 0 fully saturated rings. The highest BCUT2D eigenvalue weighted by Crippen LogP contribution is 2.11. The van der Waals surface area contributed by atoms with Gasteiger partial charge in [-0.1, -0.05) is 12.1 Å². The fraction of sp³-hybridized carbons (Fsp3) is 0.300. The number of aliphatic hydroxyl groups is 1. The van der Waals surface area contributed by atoms with Crippen LogP contribution in [-0.4, -0.2) is 11.7 Å². The van der Waals surface area contributed by atoms with Crippen molar-refractivity contribution in [2.45, 2.75) is 12.8 Å². The van der Waals surface area contributed by atoms with Gasteiger partial charge in [0.05, 0.1) is 0 Å². The largest absolute Gasteiger partial charge is 0.396 e. The Bertz CT molecular complexity index is 304. The molecule has 68 valence electrons. The van der Waals surface area contributed by atoms with Crippen molar-refractivity contribution in [3.05, 3.63) is 29.8 Å². The predicted octanol–water partition coefficient (Wildman–Crippen LogP) is 1.50. The standard InChI is InChI=1S/C10H12N2O/c11-8-12-10-5-1-3-9(7-10)4-2-6-13/h1,3,5,7,12-13H,2,4,6H2. The summed E-state index contributed by atoms with van der Waals surface area (Å²) < 4.78 is 0. The number of hydrogen-bond donors (Lipinski definition) is 2. The first-order valence-electron chi connectivity index (χ1n) is 4.21. The smallest absolute Gasteiger partial charge is 0.181 e. The normalized spacial score (nSPS) is 9.23. The van der Waals surface area contributed by atoms with E-state index in [0.29, 0.717) is 0 Å². The van der Waals surface area contributed by atoms with Crippen molar-refractivity contribution < 1.29 is 5.11 Å². The number of benzene rings is 1. The summed E-state index contributed by atoms with van der Waals surface area (Å²) in [7, 11) is 0. The van der Waals surface area contributed by atoms with Gasteiger partial charge in [0.15, 0.2) is 6.19 Å². The molecule has 0 bridgehead atoms. The third-order valence-electron chi connectivity index (χ3n) is 1.75. The van der Waals surface area contributed by atoms with E-state index in [2.05, 4.69) is 5.32 Å². The summed E-state index contributed by atoms with van der Waals surface area (Å²) in [6.07, 6.45) is 3.47. The van der Waals surface area contributed by atoms with Crippen molar-refractivity contribution in [3.8, 4) is 6.19 Å². The second kappa shape index (κ2) is 5.18. The lowest BCUT2D eigenvalue weighted by atomic mass is 10.1. The minimum Gasteiger partial charge on any atom is -0.396 e. The number of anilines is 1. The van der Waals surface area contributed by atoms with Gasteiger partial charge in [0, 0.05) is 12.3 Å². The summed E-state index contributed by atoms with van der Waals surface area (Å²) in [6.45, 7) is 0.204. The van der Waals surface area contributed by atoms with Crippen molar-refractivity contribution >= 4 is 5.69 Å². The first kappa shape index (κ1) is 9.56. The lowest BCUT2D eigenvalue weighted by molar-refractivity contribution is 0.288. The van der Waals surface area contributed by atoms with Crippen LogP contribution in [0.1, 0.15) is 12.0 Å². The molecule has 1 aromatic carbocycles. The first-order chi connectivity index (χ1) is 6.36. The first-order valence-corrected chi connectivity index (χ1v) is 4.21. The molecule has 0 radical (unpaired) electrons. The summed E-state index contributed by atoms with van der Waals surface area (Å²) >= 11 is 0. The van der Waals surface area contributed by atoms with Gasteiger partial charge in [-0.25, -0.2) is 0 Å². The quantitative estimate of drug-likeness (QED) is 0.540. The van der Waals surface area contributed by atoms with Crippen LogP contribution in [0, 0.1) is 11.5 Å². The number of aliphatic hydroxyl groups excluding tert-OH is 1. The molecule has 0 atom stereocenters. The summed E-state index contributed by atoms with van der Waals surface area (Å²) in [5.41, 5.74) is 1.94. The third kappa shape index (κ3) is 3.14. The second-order valence-electron chi connectivity index (χ2n) is 2.76. The van der Waals surface area contributed by atoms with Crippen LogP contribution in [0.3, 0.4) is 0 Å². The lowest BCUT2D eigenvalue weighted by Gasteiger charge is -2.01. The molecule has 13 heavy (non-hydrogen) atoms. The Morgan fingerprint density at radius 2 is 2.31 bits per heavy atom. The minimum atomic E-state index is 0.204. The molecule has 3 heteroatoms. The zero-order valence-electron chi connectivity index (χ0n) is 7.33. The number of rotatable bonds is 4. The van der Waals surface area contributed by atoms with Crippen LogP contribution in [0.5, 0.6) is 0 Å². The van der Waals surface area contributed by atoms with Gasteiger partial charge in [-0.15, -0.1) is 0 Å². The molecule has 0 aliphatic carbocycles. The molecule has 0 saturated heterocycles. The van der Waals surface area contributed by atoms with Crippen molar-refractivity contribution in [2.24, 2.45) is 0 Å². The van der Waals surface area contributed by atoms with Crippen LogP contribution in [0.15, 0.2) is 24.3 Å². The molecule has 0 aliphatic heterocycles. The Labute approximate surface area is 77.6 Å². The molecule has 1 rings (SSSR count). The second-order valence-corrected chi connectivity index (χ2v) is 2.76. The Morgan fingerprint density at radius 3 is 3.00 bits per heavy atom. The molecule has 0 saturated carbocycles. The maximum atomic E-state index is 8.63. The molecule has 0 unspecified atom stereocenters. The molecule has 0 amide bonds. The monoisotopic (exact) mass is 176 g/mol. The highest BCUT2D eigenvalue weighted by Gasteiger charge is 1.94. The molecule has 1 aromatic rings. The van der Waals surface area contributed by atoms with Crippen LogP contribution in [0.2, 0.25) is 0 Å². The molecule has 2 N–H and O–H groups in total. The third-order valence-corrected chi connectivity index (χ3v) is 1.75. The van der Waals surface area contributed by atoms with E-state index in [-0.39, 0.29) is 6.61 Å². The topological polar surface area (TPSA) is 56.0 Å². The van der Waals surface area contributed by atoms with Crippen molar-refractivity contribution in [1.82, 2.24) is 0 Å². The van der Waals surface area contributed by atoms with Crippen LogP contribution in [0.25, 0.3) is 0 Å². The number of hydrogen-bond acceptors (Lipinski definition) is 3. The molecular weight excluding hydrogens is 164 g/mol. The van der Waals surface area contributed by atoms with Gasteiger partial charge >= 0.3 is 0 Å². The maximum Gasteiger partial charge on any atom is 0.181 e. The summed E-state index contributed by atoms with van der Waals surface area (Å²) in [4.78, 5) is 0. The predicted molar refractivity (Wildman–Crippen MR) is 51.1 cm³/mol. The van der Waals surface area contributed by atoms with Gasteiger partial charge in [0.2, 0.25) is 0 Å². The van der Waals surface area contributed by atoms with Crippen LogP contribution in [0.4, 0.5) is 5.69 Å². The minimum absolute atomic E-state index is 0.204. The van der Waals surface area contributed by atoms with Gasteiger partial charge in [0.1, 0.15) is 0 Å². The average Bonchev–Trinajstić information content (AvgIpc) is 2.16. The Morgan fingerprint density at radius 1 is 1.46 bits per heavy atom. The number of nitrogens with one attached hydrogen (secondary N) is 1. The molecule has 0 aliphatic rings. The zero-order chi connectivity index (χ0) is 9.52. The van der Waals surface area contributed by atoms with E-state index in [4.69, 9.17) is 10.4 Å². The summed E-state index contributed by atoms with van der Waals surface area (Å²) in [6, 6.07) is 7.63. The molecule has 3 nitrogen and oxygen atoms in total. The molecule has 0 aromatic heterocycles. The molecule has 0 heterocycles. The van der Waals surface area contributed by atoms with Crippen molar-refractivity contribution in [1.29, 1.82) is 5.26 Å². The Balaban J connectivity index is 2.63. The summed E-state index contributed by atoms with van der Waals surface area (Å²) in [5.74, 6) is 0. The lowest BCUT2D eigenvalue weighted by Crippen LogP contribution is -1.92. The van der Waals surface area contributed by atoms with Crippen molar-refractivity contribution in [3.63, 3.8) is 0 Å². The van der Waals surface area contributed by atoms with Gasteiger partial charge < -0.3 is 5.11 Å². The van der Waals surface area contributed by atoms with Crippen molar-refractivity contribution in [2.75, 3.05) is 11.9 Å². The number of nitriles is 1. The van der Waals surface area contributed by atoms with Gasteiger partial charge in [0.25, 0.3) is 0 Å². The van der Waals surface area contributed by atoms with E-state index in [0.717, 1.165) is 24.1 Å². The highest BCUT2D eigenvalue weighted by molar-refractivity contribution is 5.48. The van der Waals surface area contributed by atoms with E-state index in [1.807, 2.05) is 30.5 Å². The number of nitrogens with zero attached hydrogens (tertiary/aromatic N) is 1. The Kier molecular flexibility index (Phi) is 3.80. The van der Waals surface area contributed by atoms with E-state index < -0.39 is 0 Å². The zero-order valence-corrected chi connectivity index (χ0v) is 7.33. The summed E-state index contributed by atoms with van der Waals surface area (Å²) in [5, 5.41) is 19.6. The van der Waals surface area contributed by atoms with E-state index >= 15 is 0 Å². The maximum absolute atomic E-state index is 8.63. The Hall–Kier alpha value is -1.53. The van der Waals surface area contributed by atoms with Crippen LogP contribution < -0.4 is 5.32 Å². The van der Waals surface area contributed by atoms with E-state index in [1.165, 1.54) is 0 Å². The van der Waals surface area contributed by atoms with Gasteiger partial charge in [-0.3, -0.25) is 5.32 Å². The van der Waals surface area contributed by atoms with Gasteiger partial charge in [-0.05, 0) is 30.5 Å². The van der Waals surface area contributed by atoms with E-state index in [9.17, 15) is 0 Å². The average molecular weight is 176 g/mol. The fourth-order valence-electron chi connectivity index (χ4n) is 1.15. The highest BCUT2D eigenvalue weighted by atomic mass is 16.2. The molecule has 0 spiro atoms. The van der Waals surface area contributed by atoms with Crippen LogP contribution >= 0.6 is 0 Å².